The predicted molar refractivity (Wildman–Crippen MR) is 123 cm³/mol. The molecule has 9 heteroatoms. The average molecular weight is 466 g/mol. The summed E-state index contributed by atoms with van der Waals surface area (Å²) in [6.07, 6.45) is 9.64. The van der Waals surface area contributed by atoms with Crippen molar-refractivity contribution in [3.05, 3.63) is 66.1 Å². The first-order valence-electron chi connectivity index (χ1n) is 11.3. The Balaban J connectivity index is 1.18. The molecule has 2 heterocycles. The maximum atomic E-state index is 13.5. The maximum absolute atomic E-state index is 13.5. The molecule has 0 unspecified atom stereocenters. The third-order valence-corrected chi connectivity index (χ3v) is 6.58. The number of aryl methyl sites for hydroxylation is 1. The average Bonchev–Trinajstić information content (AvgIpc) is 3.46. The molecule has 4 aromatic rings. The molecule has 1 aliphatic carbocycles. The van der Waals surface area contributed by atoms with Crippen LogP contribution in [0, 0.1) is 17.6 Å². The van der Waals surface area contributed by atoms with E-state index in [0.717, 1.165) is 59.8 Å². The third-order valence-electron chi connectivity index (χ3n) is 6.58. The Morgan fingerprint density at radius 3 is 2.50 bits per heavy atom. The van der Waals surface area contributed by atoms with Crippen molar-refractivity contribution in [3.63, 3.8) is 0 Å². The molecule has 2 aromatic carbocycles. The fraction of sp³-hybridized carbons (Fsp3) is 0.320. The molecule has 5 rings (SSSR count). The van der Waals surface area contributed by atoms with Crippen molar-refractivity contribution in [2.75, 3.05) is 6.54 Å². The minimum atomic E-state index is -1.15. The molecule has 2 N–H and O–H groups in total. The lowest BCUT2D eigenvalue weighted by Gasteiger charge is -2.28. The van der Waals surface area contributed by atoms with E-state index in [4.69, 9.17) is 5.10 Å². The van der Waals surface area contributed by atoms with Crippen LogP contribution in [0.2, 0.25) is 0 Å². The maximum Gasteiger partial charge on any atom is 0.251 e. The normalized spacial score (nSPS) is 18.3. The van der Waals surface area contributed by atoms with Gasteiger partial charge in [-0.1, -0.05) is 6.07 Å². The van der Waals surface area contributed by atoms with Gasteiger partial charge in [0, 0.05) is 42.5 Å². The highest BCUT2D eigenvalue weighted by atomic mass is 19.1. The van der Waals surface area contributed by atoms with Crippen LogP contribution in [-0.4, -0.2) is 37.1 Å². The summed E-state index contributed by atoms with van der Waals surface area (Å²) in [6, 6.07) is 8.19. The number of phenolic OH excluding ortho intramolecular Hbond substituents is 1. The highest BCUT2D eigenvalue weighted by Gasteiger charge is 2.24. The van der Waals surface area contributed by atoms with Crippen LogP contribution in [0.5, 0.6) is 5.75 Å². The van der Waals surface area contributed by atoms with Gasteiger partial charge in [0.1, 0.15) is 0 Å². The van der Waals surface area contributed by atoms with Gasteiger partial charge in [0.15, 0.2) is 17.4 Å². The minimum Gasteiger partial charge on any atom is -0.503 e. The third kappa shape index (κ3) is 4.37. The lowest BCUT2D eigenvalue weighted by Crippen LogP contribution is -2.31. The van der Waals surface area contributed by atoms with Gasteiger partial charge in [-0.3, -0.25) is 14.2 Å². The van der Waals surface area contributed by atoms with Gasteiger partial charge in [0.2, 0.25) is 0 Å². The molecule has 0 spiro atoms. The van der Waals surface area contributed by atoms with Crippen molar-refractivity contribution < 1.29 is 18.7 Å². The van der Waals surface area contributed by atoms with E-state index in [2.05, 4.69) is 33.4 Å². The smallest absolute Gasteiger partial charge is 0.251 e. The number of nitrogens with zero attached hydrogens (tertiary/aromatic N) is 4. The Labute approximate surface area is 195 Å². The van der Waals surface area contributed by atoms with Gasteiger partial charge in [-0.25, -0.2) is 8.78 Å². The molecule has 1 aliphatic rings. The van der Waals surface area contributed by atoms with E-state index in [0.29, 0.717) is 12.6 Å². The largest absolute Gasteiger partial charge is 0.503 e. The second kappa shape index (κ2) is 8.89. The zero-order valence-corrected chi connectivity index (χ0v) is 18.7. The van der Waals surface area contributed by atoms with Crippen molar-refractivity contribution in [1.82, 2.24) is 24.9 Å². The summed E-state index contributed by atoms with van der Waals surface area (Å²) in [6.45, 7) is 0.436. The van der Waals surface area contributed by atoms with Gasteiger partial charge in [-0.15, -0.1) is 0 Å². The molecule has 1 fully saturated rings. The van der Waals surface area contributed by atoms with Crippen LogP contribution in [0.3, 0.4) is 0 Å². The van der Waals surface area contributed by atoms with E-state index < -0.39 is 23.3 Å². The fourth-order valence-electron chi connectivity index (χ4n) is 4.63. The van der Waals surface area contributed by atoms with Crippen LogP contribution in [0.4, 0.5) is 8.78 Å². The Bertz CT molecular complexity index is 1330. The highest BCUT2D eigenvalue weighted by molar-refractivity contribution is 5.94. The Hall–Kier alpha value is -3.75. The van der Waals surface area contributed by atoms with E-state index in [-0.39, 0.29) is 11.5 Å². The second-order valence-electron chi connectivity index (χ2n) is 8.96. The number of hydrogen-bond donors (Lipinski definition) is 2. The van der Waals surface area contributed by atoms with E-state index in [1.165, 1.54) is 0 Å². The summed E-state index contributed by atoms with van der Waals surface area (Å²) in [5, 5.41) is 22.0. The molecule has 34 heavy (non-hydrogen) atoms. The number of carbonyl (C=O) groups is 1. The molecule has 0 atom stereocenters. The number of amides is 1. The number of fused-ring (bicyclic) bond motifs is 1. The van der Waals surface area contributed by atoms with E-state index >= 15 is 0 Å². The van der Waals surface area contributed by atoms with Crippen molar-refractivity contribution in [1.29, 1.82) is 0 Å². The second-order valence-corrected chi connectivity index (χ2v) is 8.96. The molecule has 0 radical (unpaired) electrons. The van der Waals surface area contributed by atoms with Gasteiger partial charge in [-0.05, 0) is 61.4 Å². The minimum absolute atomic E-state index is 0.143. The highest BCUT2D eigenvalue weighted by Crippen LogP contribution is 2.33. The van der Waals surface area contributed by atoms with E-state index in [1.54, 1.807) is 4.68 Å². The Morgan fingerprint density at radius 2 is 1.82 bits per heavy atom. The zero-order valence-electron chi connectivity index (χ0n) is 18.7. The molecule has 7 nitrogen and oxygen atoms in total. The monoisotopic (exact) mass is 465 g/mol. The van der Waals surface area contributed by atoms with Crippen LogP contribution >= 0.6 is 0 Å². The van der Waals surface area contributed by atoms with Crippen LogP contribution < -0.4 is 5.32 Å². The number of aromatic hydroxyl groups is 1. The quantitative estimate of drug-likeness (QED) is 0.452. The lowest BCUT2D eigenvalue weighted by molar-refractivity contribution is 0.0940. The fourth-order valence-corrected chi connectivity index (χ4v) is 4.63. The summed E-state index contributed by atoms with van der Waals surface area (Å²) in [5.74, 6) is -3.64. The summed E-state index contributed by atoms with van der Waals surface area (Å²) in [5.41, 5.74) is 2.98. The predicted octanol–water partition coefficient (Wildman–Crippen LogP) is 4.58. The first-order chi connectivity index (χ1) is 16.4. The first kappa shape index (κ1) is 22.1. The number of benzene rings is 2. The van der Waals surface area contributed by atoms with E-state index in [1.807, 2.05) is 25.5 Å². The number of phenols is 1. The Morgan fingerprint density at radius 1 is 1.09 bits per heavy atom. The number of rotatable bonds is 5. The molecular weight excluding hydrogens is 440 g/mol. The zero-order chi connectivity index (χ0) is 23.8. The number of aromatic nitrogens is 4. The standard InChI is InChI=1S/C25H25F2N5O2/c1-31-13-19(12-29-31)16-4-7-23-18(8-16)14-32(30-23)20-5-2-15(3-6-20)11-28-25(34)17-9-21(26)24(33)22(27)10-17/h4,7-10,12-15,20,33H,2-3,5-6,11H2,1H3,(H,28,34). The molecule has 0 bridgehead atoms. The van der Waals surface area contributed by atoms with Gasteiger partial charge >= 0.3 is 0 Å². The van der Waals surface area contributed by atoms with Crippen LogP contribution in [0.1, 0.15) is 42.1 Å². The van der Waals surface area contributed by atoms with Gasteiger partial charge in [-0.2, -0.15) is 10.2 Å². The van der Waals surface area contributed by atoms with Crippen LogP contribution in [0.25, 0.3) is 22.0 Å². The molecule has 0 saturated heterocycles. The van der Waals surface area contributed by atoms with Crippen LogP contribution in [-0.2, 0) is 7.05 Å². The molecule has 1 saturated carbocycles. The molecular formula is C25H25F2N5O2. The van der Waals surface area contributed by atoms with Gasteiger partial charge < -0.3 is 10.4 Å². The van der Waals surface area contributed by atoms with Crippen molar-refractivity contribution in [3.8, 4) is 16.9 Å². The van der Waals surface area contributed by atoms with Gasteiger partial charge in [0.25, 0.3) is 5.91 Å². The SMILES string of the molecule is Cn1cc(-c2ccc3nn(C4CCC(CNC(=O)c5cc(F)c(O)c(F)c5)CC4)cc3c2)cn1. The van der Waals surface area contributed by atoms with E-state index in [9.17, 15) is 18.7 Å². The summed E-state index contributed by atoms with van der Waals surface area (Å²) >= 11 is 0. The van der Waals surface area contributed by atoms with Crippen molar-refractivity contribution in [2.24, 2.45) is 13.0 Å². The van der Waals surface area contributed by atoms with Gasteiger partial charge in [0.05, 0.1) is 17.8 Å². The Kier molecular flexibility index (Phi) is 5.77. The molecule has 0 aliphatic heterocycles. The van der Waals surface area contributed by atoms with Crippen molar-refractivity contribution in [2.45, 2.75) is 31.7 Å². The summed E-state index contributed by atoms with van der Waals surface area (Å²) in [7, 11) is 1.90. The number of halogens is 2. The van der Waals surface area contributed by atoms with Crippen LogP contribution in [0.15, 0.2) is 48.9 Å². The summed E-state index contributed by atoms with van der Waals surface area (Å²) in [4.78, 5) is 12.3. The number of hydrogen-bond acceptors (Lipinski definition) is 4. The van der Waals surface area contributed by atoms with Crippen molar-refractivity contribution >= 4 is 16.8 Å². The molecule has 2 aromatic heterocycles. The number of carbonyl (C=O) groups excluding carboxylic acids is 1. The topological polar surface area (TPSA) is 85.0 Å². The number of nitrogens with one attached hydrogen (secondary N) is 1. The summed E-state index contributed by atoms with van der Waals surface area (Å²) < 4.78 is 30.8. The molecule has 1 amide bonds. The first-order valence-corrected chi connectivity index (χ1v) is 11.3. The molecule has 176 valence electrons. The lowest BCUT2D eigenvalue weighted by atomic mass is 9.86.